The van der Waals surface area contributed by atoms with E-state index in [1.807, 2.05) is 0 Å². The molecule has 0 atom stereocenters. The predicted octanol–water partition coefficient (Wildman–Crippen LogP) is 4.01. The van der Waals surface area contributed by atoms with Crippen molar-refractivity contribution in [3.63, 3.8) is 0 Å². The number of anilines is 2. The standard InChI is InChI=1S/C19H15F3N2O4S2/c1-12-10-13(20)2-9-19(12)30(27,28)24-15-5-3-14(4-6-15)23-29(25,26)16-7-8-17(21)18(22)11-16/h2-11,23-24H,1H3. The molecule has 0 heterocycles. The second kappa shape index (κ2) is 8.00. The number of rotatable bonds is 6. The third-order valence-corrected chi connectivity index (χ3v) is 6.94. The molecule has 0 fully saturated rings. The summed E-state index contributed by atoms with van der Waals surface area (Å²) in [6.07, 6.45) is 0. The summed E-state index contributed by atoms with van der Waals surface area (Å²) in [7, 11) is -8.18. The molecule has 0 spiro atoms. The van der Waals surface area contributed by atoms with Gasteiger partial charge in [0.15, 0.2) is 11.6 Å². The number of aryl methyl sites for hydroxylation is 1. The SMILES string of the molecule is Cc1cc(F)ccc1S(=O)(=O)Nc1ccc(NS(=O)(=O)c2ccc(F)c(F)c2)cc1. The molecule has 0 saturated heterocycles. The van der Waals surface area contributed by atoms with Gasteiger partial charge in [0.25, 0.3) is 20.0 Å². The number of benzene rings is 3. The molecule has 11 heteroatoms. The quantitative estimate of drug-likeness (QED) is 0.586. The van der Waals surface area contributed by atoms with Crippen LogP contribution in [-0.2, 0) is 20.0 Å². The molecule has 0 aliphatic rings. The number of hydrogen-bond acceptors (Lipinski definition) is 4. The molecule has 30 heavy (non-hydrogen) atoms. The van der Waals surface area contributed by atoms with Crippen molar-refractivity contribution in [3.8, 4) is 0 Å². The Labute approximate surface area is 171 Å². The normalized spacial score (nSPS) is 11.9. The van der Waals surface area contributed by atoms with E-state index in [0.717, 1.165) is 24.3 Å². The molecule has 3 aromatic rings. The Morgan fingerprint density at radius 3 is 1.77 bits per heavy atom. The van der Waals surface area contributed by atoms with Gasteiger partial charge in [-0.25, -0.2) is 30.0 Å². The minimum atomic E-state index is -4.18. The molecule has 6 nitrogen and oxygen atoms in total. The Morgan fingerprint density at radius 2 is 1.23 bits per heavy atom. The van der Waals surface area contributed by atoms with Crippen molar-refractivity contribution in [1.29, 1.82) is 0 Å². The van der Waals surface area contributed by atoms with Crippen LogP contribution in [0.25, 0.3) is 0 Å². The van der Waals surface area contributed by atoms with E-state index in [1.54, 1.807) is 0 Å². The van der Waals surface area contributed by atoms with Crippen molar-refractivity contribution in [2.75, 3.05) is 9.44 Å². The van der Waals surface area contributed by atoms with Crippen molar-refractivity contribution >= 4 is 31.4 Å². The summed E-state index contributed by atoms with van der Waals surface area (Å²) < 4.78 is 93.5. The summed E-state index contributed by atoms with van der Waals surface area (Å²) in [6.45, 7) is 1.45. The molecule has 0 amide bonds. The molecular formula is C19H15F3N2O4S2. The molecule has 3 rings (SSSR count). The summed E-state index contributed by atoms with van der Waals surface area (Å²) in [6, 6.07) is 10.6. The van der Waals surface area contributed by atoms with Gasteiger partial charge >= 0.3 is 0 Å². The van der Waals surface area contributed by atoms with Crippen molar-refractivity contribution < 1.29 is 30.0 Å². The van der Waals surface area contributed by atoms with Crippen LogP contribution in [0.2, 0.25) is 0 Å². The molecular weight excluding hydrogens is 441 g/mol. The predicted molar refractivity (Wildman–Crippen MR) is 106 cm³/mol. The minimum absolute atomic E-state index is 0.0700. The number of hydrogen-bond donors (Lipinski definition) is 2. The van der Waals surface area contributed by atoms with Crippen LogP contribution in [0.4, 0.5) is 24.5 Å². The molecule has 158 valence electrons. The average molecular weight is 456 g/mol. The van der Waals surface area contributed by atoms with Crippen LogP contribution in [0, 0.1) is 24.4 Å². The van der Waals surface area contributed by atoms with Crippen LogP contribution in [0.1, 0.15) is 5.56 Å². The molecule has 0 aromatic heterocycles. The lowest BCUT2D eigenvalue weighted by molar-refractivity contribution is 0.504. The van der Waals surface area contributed by atoms with E-state index >= 15 is 0 Å². The highest BCUT2D eigenvalue weighted by Gasteiger charge is 2.19. The van der Waals surface area contributed by atoms with E-state index in [0.29, 0.717) is 12.1 Å². The largest absolute Gasteiger partial charge is 0.280 e. The Bertz CT molecular complexity index is 1310. The van der Waals surface area contributed by atoms with E-state index in [4.69, 9.17) is 0 Å². The molecule has 2 N–H and O–H groups in total. The molecule has 0 unspecified atom stereocenters. The van der Waals surface area contributed by atoms with Crippen LogP contribution in [0.3, 0.4) is 0 Å². The monoisotopic (exact) mass is 456 g/mol. The highest BCUT2D eigenvalue weighted by Crippen LogP contribution is 2.23. The van der Waals surface area contributed by atoms with Crippen LogP contribution < -0.4 is 9.44 Å². The Balaban J connectivity index is 1.78. The minimum Gasteiger partial charge on any atom is -0.280 e. The molecule has 0 saturated carbocycles. The van der Waals surface area contributed by atoms with Crippen molar-refractivity contribution in [2.24, 2.45) is 0 Å². The average Bonchev–Trinajstić information content (AvgIpc) is 2.64. The maximum absolute atomic E-state index is 13.3. The number of nitrogens with one attached hydrogen (secondary N) is 2. The van der Waals surface area contributed by atoms with Gasteiger partial charge in [-0.3, -0.25) is 9.44 Å². The molecule has 0 aliphatic heterocycles. The molecule has 0 aliphatic carbocycles. The van der Waals surface area contributed by atoms with Crippen LogP contribution in [0.15, 0.2) is 70.5 Å². The maximum Gasteiger partial charge on any atom is 0.262 e. The summed E-state index contributed by atoms with van der Waals surface area (Å²) >= 11 is 0. The fraction of sp³-hybridized carbons (Fsp3) is 0.0526. The Kier molecular flexibility index (Phi) is 5.77. The first kappa shape index (κ1) is 21.7. The van der Waals surface area contributed by atoms with Gasteiger partial charge in [0, 0.05) is 11.4 Å². The first-order valence-electron chi connectivity index (χ1n) is 8.35. The summed E-state index contributed by atoms with van der Waals surface area (Å²) in [4.78, 5) is -0.579. The van der Waals surface area contributed by atoms with E-state index in [-0.39, 0.29) is 21.8 Å². The highest BCUT2D eigenvalue weighted by molar-refractivity contribution is 7.93. The van der Waals surface area contributed by atoms with E-state index < -0.39 is 42.4 Å². The van der Waals surface area contributed by atoms with Gasteiger partial charge in [0.1, 0.15) is 5.82 Å². The third kappa shape index (κ3) is 4.74. The summed E-state index contributed by atoms with van der Waals surface area (Å²) in [5.74, 6) is -3.05. The van der Waals surface area contributed by atoms with E-state index in [9.17, 15) is 30.0 Å². The molecule has 3 aromatic carbocycles. The lowest BCUT2D eigenvalue weighted by atomic mass is 10.2. The second-order valence-electron chi connectivity index (χ2n) is 6.27. The molecule has 0 radical (unpaired) electrons. The van der Waals surface area contributed by atoms with Crippen molar-refractivity contribution in [2.45, 2.75) is 16.7 Å². The fourth-order valence-corrected chi connectivity index (χ4v) is 4.95. The number of sulfonamides is 2. The van der Waals surface area contributed by atoms with Crippen molar-refractivity contribution in [1.82, 2.24) is 0 Å². The van der Waals surface area contributed by atoms with Crippen LogP contribution in [0.5, 0.6) is 0 Å². The lowest BCUT2D eigenvalue weighted by Crippen LogP contribution is -2.15. The topological polar surface area (TPSA) is 92.3 Å². The Hall–Kier alpha value is -3.05. The first-order valence-corrected chi connectivity index (χ1v) is 11.3. The van der Waals surface area contributed by atoms with E-state index in [1.165, 1.54) is 31.2 Å². The van der Waals surface area contributed by atoms with Gasteiger partial charge in [-0.15, -0.1) is 0 Å². The Morgan fingerprint density at radius 1 is 0.667 bits per heavy atom. The first-order chi connectivity index (χ1) is 14.0. The second-order valence-corrected chi connectivity index (χ2v) is 9.61. The maximum atomic E-state index is 13.3. The van der Waals surface area contributed by atoms with Crippen LogP contribution >= 0.6 is 0 Å². The molecule has 0 bridgehead atoms. The highest BCUT2D eigenvalue weighted by atomic mass is 32.2. The smallest absolute Gasteiger partial charge is 0.262 e. The third-order valence-electron chi connectivity index (χ3n) is 4.02. The van der Waals surface area contributed by atoms with Gasteiger partial charge in [-0.2, -0.15) is 0 Å². The fourth-order valence-electron chi connectivity index (χ4n) is 2.59. The van der Waals surface area contributed by atoms with Crippen molar-refractivity contribution in [3.05, 3.63) is 83.7 Å². The number of halogens is 3. The van der Waals surface area contributed by atoms with Gasteiger partial charge in [0.2, 0.25) is 0 Å². The van der Waals surface area contributed by atoms with E-state index in [2.05, 4.69) is 9.44 Å². The zero-order valence-corrected chi connectivity index (χ0v) is 17.0. The van der Waals surface area contributed by atoms with Gasteiger partial charge in [-0.05, 0) is 73.2 Å². The van der Waals surface area contributed by atoms with Crippen LogP contribution in [-0.4, -0.2) is 16.8 Å². The summed E-state index contributed by atoms with van der Waals surface area (Å²) in [5.41, 5.74) is 0.425. The van der Waals surface area contributed by atoms with Gasteiger partial charge < -0.3 is 0 Å². The zero-order chi connectivity index (χ0) is 22.1. The zero-order valence-electron chi connectivity index (χ0n) is 15.4. The van der Waals surface area contributed by atoms with Gasteiger partial charge in [-0.1, -0.05) is 0 Å². The lowest BCUT2D eigenvalue weighted by Gasteiger charge is -2.12. The van der Waals surface area contributed by atoms with Gasteiger partial charge in [0.05, 0.1) is 9.79 Å². The summed E-state index contributed by atoms with van der Waals surface area (Å²) in [5, 5.41) is 0.